The Morgan fingerprint density at radius 2 is 0.565 bits per heavy atom. The van der Waals surface area contributed by atoms with Gasteiger partial charge in [-0.1, -0.05) is 157 Å². The summed E-state index contributed by atoms with van der Waals surface area (Å²) in [6, 6.07) is 23.7. The second-order valence-corrected chi connectivity index (χ2v) is 23.5. The van der Waals surface area contributed by atoms with Crippen LogP contribution in [0.3, 0.4) is 0 Å². The topological polar surface area (TPSA) is 493 Å². The van der Waals surface area contributed by atoms with E-state index in [1.165, 1.54) is 54.6 Å². The fraction of sp³-hybridized carbons (Fsp3) is 0.447. The number of amides is 3. The van der Waals surface area contributed by atoms with E-state index in [-0.39, 0.29) is 110 Å². The average molecular weight is 1610 g/mol. The summed E-state index contributed by atoms with van der Waals surface area (Å²) >= 11 is 0. The Bertz CT molecular complexity index is 4380. The molecule has 0 aliphatic heterocycles. The van der Waals surface area contributed by atoms with Gasteiger partial charge in [-0.3, -0.25) is 14.4 Å². The van der Waals surface area contributed by atoms with Gasteiger partial charge in [-0.15, -0.1) is 0 Å². The molecule has 0 saturated carbocycles. The van der Waals surface area contributed by atoms with Crippen molar-refractivity contribution in [2.45, 2.75) is 157 Å². The minimum atomic E-state index is -1.08. The first-order valence-corrected chi connectivity index (χ1v) is 35.8. The van der Waals surface area contributed by atoms with Gasteiger partial charge < -0.3 is 58.6 Å². The van der Waals surface area contributed by atoms with Crippen LogP contribution in [0.15, 0.2) is 172 Å². The van der Waals surface area contributed by atoms with Crippen LogP contribution in [0, 0.1) is 0 Å². The van der Waals surface area contributed by atoms with Gasteiger partial charge in [0.05, 0.1) is 6.54 Å². The molecule has 0 saturated heterocycles. The number of carbonyl (C=O) groups excluding carboxylic acids is 12. The molecule has 5 rings (SSSR count). The van der Waals surface area contributed by atoms with Crippen LogP contribution < -0.4 is 50.1 Å². The van der Waals surface area contributed by atoms with Crippen LogP contribution in [0.2, 0.25) is 0 Å². The number of ketones is 3. The Morgan fingerprint density at radius 1 is 0.313 bits per heavy atom. The monoisotopic (exact) mass is 1610 g/mol. The Morgan fingerprint density at radius 3 is 0.835 bits per heavy atom. The highest BCUT2D eigenvalue weighted by molar-refractivity contribution is 6.41. The van der Waals surface area contributed by atoms with Crippen molar-refractivity contribution in [3.63, 3.8) is 0 Å². The second-order valence-electron chi connectivity index (χ2n) is 23.5. The minimum Gasteiger partial charge on any atom is -0.494 e. The van der Waals surface area contributed by atoms with Crippen molar-refractivity contribution in [2.75, 3.05) is 65.8 Å². The predicted octanol–water partition coefficient (Wildman–Crippen LogP) is 5.70. The van der Waals surface area contributed by atoms with Gasteiger partial charge in [-0.2, -0.15) is 9.98 Å². The molecular formula is C76H96N12O27. The molecule has 39 heteroatoms. The predicted molar refractivity (Wildman–Crippen MR) is 409 cm³/mol. The number of hydrogen-bond donors (Lipinski definition) is 3. The number of esters is 3. The quantitative estimate of drug-likeness (QED) is 0.00614. The first-order chi connectivity index (χ1) is 54.9. The first kappa shape index (κ1) is 97.5. The molecule has 622 valence electrons. The van der Waals surface area contributed by atoms with Crippen LogP contribution in [-0.2, 0) is 111 Å². The number of hydrogen-bond acceptors (Lipinski definition) is 30. The van der Waals surface area contributed by atoms with Crippen LogP contribution in [0.25, 0.3) is 0 Å². The molecule has 0 spiro atoms. The molecular weight excluding hydrogens is 1510 g/mol. The Hall–Kier alpha value is -13.5. The van der Waals surface area contributed by atoms with Crippen LogP contribution in [0.1, 0.15) is 149 Å². The highest BCUT2D eigenvalue weighted by atomic mass is 16.6. The van der Waals surface area contributed by atoms with Gasteiger partial charge in [-0.25, -0.2) is 104 Å². The fourth-order valence-electron chi connectivity index (χ4n) is 9.82. The highest BCUT2D eigenvalue weighted by Gasteiger charge is 2.21. The molecule has 0 atom stereocenters. The Labute approximate surface area is 658 Å². The molecule has 0 radical (unpaired) electrons. The van der Waals surface area contributed by atoms with Gasteiger partial charge in [-0.05, 0) is 51.4 Å². The van der Waals surface area contributed by atoms with E-state index in [1.54, 1.807) is 54.6 Å². The lowest BCUT2D eigenvalue weighted by molar-refractivity contribution is -0.133. The van der Waals surface area contributed by atoms with Crippen LogP contribution in [-0.4, -0.2) is 165 Å². The van der Waals surface area contributed by atoms with Gasteiger partial charge in [0.25, 0.3) is 17.3 Å². The molecule has 115 heavy (non-hydrogen) atoms. The highest BCUT2D eigenvalue weighted by Crippen LogP contribution is 2.08. The van der Waals surface area contributed by atoms with Crippen molar-refractivity contribution in [1.82, 2.24) is 43.4 Å². The van der Waals surface area contributed by atoms with Gasteiger partial charge >= 0.3 is 70.3 Å². The van der Waals surface area contributed by atoms with Crippen molar-refractivity contribution in [3.05, 3.63) is 208 Å². The number of nitrogens with one attached hydrogen (secondary N) is 3. The minimum absolute atomic E-state index is 0. The summed E-state index contributed by atoms with van der Waals surface area (Å²) in [5, 5.41) is 7.74. The largest absolute Gasteiger partial charge is 0.494 e. The van der Waals surface area contributed by atoms with Crippen molar-refractivity contribution in [1.29, 1.82) is 0 Å². The van der Waals surface area contributed by atoms with E-state index in [9.17, 15) is 86.3 Å². The van der Waals surface area contributed by atoms with Gasteiger partial charge in [0, 0.05) is 62.5 Å². The zero-order valence-corrected chi connectivity index (χ0v) is 61.8. The molecule has 0 bridgehead atoms. The second kappa shape index (κ2) is 59.3. The molecule has 3 aromatic carbocycles. The molecule has 0 aliphatic rings. The number of Topliss-reactive ketones (excluding diaryl/α,β-unsaturated/α-hetero) is 3. The number of nitrogens with zero attached hydrogens (tertiary/aromatic N) is 9. The average Bonchev–Trinajstić information content (AvgIpc) is 0.792. The van der Waals surface area contributed by atoms with E-state index in [0.717, 1.165) is 62.3 Å². The lowest BCUT2D eigenvalue weighted by Gasteiger charge is -2.13. The lowest BCUT2D eigenvalue weighted by atomic mass is 10.1. The molecule has 3 N–H and O–H groups in total. The van der Waals surface area contributed by atoms with Gasteiger partial charge in [0.2, 0.25) is 18.2 Å². The smallest absolute Gasteiger partial charge is 0.407 e. The summed E-state index contributed by atoms with van der Waals surface area (Å²) in [6.45, 7) is -0.260. The lowest BCUT2D eigenvalue weighted by Crippen LogP contribution is -2.54. The van der Waals surface area contributed by atoms with Crippen molar-refractivity contribution < 1.29 is 100 Å². The number of rotatable bonds is 53. The SMILES string of the molecule is C.C.O=C=NCCCCCCn1c(=O)n(CCCCCCNC(=O)OCCO/C=C/OC(=O)C(=O)c2ccccc2)c(=O)n(CN=C=O)c1=O.O=C=NCn1c(=O)n(CCCCCCNC(=O)OCCO/C=C/OC(=O)C(=O)c2ccccc2)c(=O)n(CCCCCCNC(=O)OCCO/C=C/OC(=O)C(=O)c2ccccc2)c1=O. The third-order valence-electron chi connectivity index (χ3n) is 15.5. The number of aromatic nitrogens is 6. The summed E-state index contributed by atoms with van der Waals surface area (Å²) in [5.74, 6) is -5.66. The third kappa shape index (κ3) is 38.3. The van der Waals surface area contributed by atoms with Crippen molar-refractivity contribution >= 4 is 71.8 Å². The number of ether oxygens (including phenoxy) is 9. The maximum absolute atomic E-state index is 13.2. The molecule has 0 aliphatic carbocycles. The molecule has 2 heterocycles. The van der Waals surface area contributed by atoms with E-state index in [0.29, 0.717) is 119 Å². The molecule has 3 amide bonds. The zero-order chi connectivity index (χ0) is 82.1. The summed E-state index contributed by atoms with van der Waals surface area (Å²) in [5.41, 5.74) is -4.51. The van der Waals surface area contributed by atoms with Crippen molar-refractivity contribution in [2.24, 2.45) is 15.0 Å². The maximum Gasteiger partial charge on any atom is 0.407 e. The first-order valence-electron chi connectivity index (χ1n) is 35.8. The molecule has 2 aromatic heterocycles. The molecule has 0 fully saturated rings. The van der Waals surface area contributed by atoms with E-state index in [1.807, 2.05) is 0 Å². The van der Waals surface area contributed by atoms with Crippen LogP contribution in [0.4, 0.5) is 14.4 Å². The molecule has 5 aromatic rings. The Kier molecular flexibility index (Phi) is 50.3. The number of alkyl carbamates (subject to hydrolysis) is 3. The van der Waals surface area contributed by atoms with Crippen LogP contribution >= 0.6 is 0 Å². The third-order valence-corrected chi connectivity index (χ3v) is 15.5. The summed E-state index contributed by atoms with van der Waals surface area (Å²) in [7, 11) is 0. The number of unbranched alkanes of at least 4 members (excludes halogenated alkanes) is 12. The zero-order valence-electron chi connectivity index (χ0n) is 61.8. The number of carbonyl (C=O) groups is 9. The summed E-state index contributed by atoms with van der Waals surface area (Å²) in [4.78, 5) is 226. The maximum atomic E-state index is 13.2. The van der Waals surface area contributed by atoms with Gasteiger partial charge in [0.1, 0.15) is 90.6 Å². The van der Waals surface area contributed by atoms with Gasteiger partial charge in [0.15, 0.2) is 0 Å². The summed E-state index contributed by atoms with van der Waals surface area (Å²) in [6.07, 6.45) is 16.9. The van der Waals surface area contributed by atoms with E-state index >= 15 is 0 Å². The summed E-state index contributed by atoms with van der Waals surface area (Å²) < 4.78 is 49.4. The Balaban J connectivity index is 0.000000801. The van der Waals surface area contributed by atoms with Crippen LogP contribution in [0.5, 0.6) is 0 Å². The number of aliphatic imine (C=N–C) groups is 3. The van der Waals surface area contributed by atoms with E-state index < -0.39 is 101 Å². The number of benzene rings is 3. The van der Waals surface area contributed by atoms with E-state index in [2.05, 4.69) is 35.7 Å². The molecule has 39 nitrogen and oxygen atoms in total. The standard InChI is InChI=1S/C43H50N6O16.C31H38N6O11.2CH4/c50-32-44-31-49-42(58)47(21-13-3-1-11-19-45-39(55)64-29-25-60-23-27-62-37(53)35(51)33-15-7-5-8-16-33)41(57)48(43(49)59)22-14-4-2-12-20-46-40(56)65-30-26-61-24-28-63-38(54)36(52)34-17-9-6-10-18-34;38-23-32-14-8-1-3-10-16-35-29(43)36(31(45)37(30(35)44)22-33-24-39)17-11-4-2-9-15-34-28(42)48-21-19-46-18-20-47-27(41)26(40)25-12-6-5-7-13-25;;/h5-10,15-18,23-24,27-28H,1-4,11-14,19-22,25-26,29-31H2,(H,45,55)(H,46,56);5-7,12-13,18,20H,1-4,8-11,14-17,19,21-22H2,(H,34,42);2*1H4/b27-23+,28-24+;20-18+;;. The number of isocyanates is 3. The normalized spacial score (nSPS) is 10.4. The van der Waals surface area contributed by atoms with E-state index in [4.69, 9.17) is 37.9 Å². The fourth-order valence-corrected chi connectivity index (χ4v) is 9.82. The van der Waals surface area contributed by atoms with Crippen molar-refractivity contribution in [3.8, 4) is 0 Å². The molecule has 0 unspecified atom stereocenters.